The topological polar surface area (TPSA) is 55.4 Å². The lowest BCUT2D eigenvalue weighted by molar-refractivity contribution is -0.142. The van der Waals surface area contributed by atoms with Crippen LogP contribution >= 0.6 is 0 Å². The molecule has 0 spiro atoms. The summed E-state index contributed by atoms with van der Waals surface area (Å²) in [6, 6.07) is 7.18. The molecular formula is C14H17NO3. The summed E-state index contributed by atoms with van der Waals surface area (Å²) < 4.78 is 4.68. The monoisotopic (exact) mass is 247 g/mol. The van der Waals surface area contributed by atoms with Gasteiger partial charge in [-0.3, -0.25) is 9.59 Å². The third kappa shape index (κ3) is 2.43. The van der Waals surface area contributed by atoms with Crippen molar-refractivity contribution in [1.29, 1.82) is 0 Å². The highest BCUT2D eigenvalue weighted by Crippen LogP contribution is 2.21. The summed E-state index contributed by atoms with van der Waals surface area (Å²) in [5.74, 6) is -0.336. The van der Waals surface area contributed by atoms with Crippen molar-refractivity contribution in [3.8, 4) is 0 Å². The van der Waals surface area contributed by atoms with Crippen LogP contribution < -0.4 is 5.32 Å². The van der Waals surface area contributed by atoms with Crippen LogP contribution in [0.5, 0.6) is 0 Å². The van der Waals surface area contributed by atoms with E-state index >= 15 is 0 Å². The Morgan fingerprint density at radius 1 is 1.33 bits per heavy atom. The molecule has 2 rings (SSSR count). The first kappa shape index (κ1) is 12.8. The zero-order valence-corrected chi connectivity index (χ0v) is 10.6. The van der Waals surface area contributed by atoms with Crippen LogP contribution in [0.3, 0.4) is 0 Å². The number of hydrogen-bond donors (Lipinski definition) is 1. The Hall–Kier alpha value is -1.68. The highest BCUT2D eigenvalue weighted by atomic mass is 16.5. The van der Waals surface area contributed by atoms with E-state index < -0.39 is 0 Å². The first-order valence-electron chi connectivity index (χ1n) is 6.04. The molecule has 0 amide bonds. The molecule has 0 radical (unpaired) electrons. The Bertz CT molecular complexity index is 470. The average Bonchev–Trinajstić information content (AvgIpc) is 2.87. The molecule has 0 bridgehead atoms. The molecule has 1 aromatic rings. The molecule has 1 N–H and O–H groups in total. The molecule has 4 heteroatoms. The molecule has 18 heavy (non-hydrogen) atoms. The number of Topliss-reactive ketones (excluding diaryl/α,β-unsaturated/α-hetero) is 1. The van der Waals surface area contributed by atoms with Gasteiger partial charge in [-0.1, -0.05) is 24.3 Å². The lowest BCUT2D eigenvalue weighted by atomic mass is 9.92. The molecule has 1 fully saturated rings. The zero-order valence-electron chi connectivity index (χ0n) is 10.6. The highest BCUT2D eigenvalue weighted by Gasteiger charge is 2.34. The molecular weight excluding hydrogens is 230 g/mol. The first-order valence-corrected chi connectivity index (χ1v) is 6.04. The van der Waals surface area contributed by atoms with E-state index in [1.54, 1.807) is 0 Å². The second-order valence-corrected chi connectivity index (χ2v) is 4.60. The summed E-state index contributed by atoms with van der Waals surface area (Å²) in [4.78, 5) is 23.7. The van der Waals surface area contributed by atoms with E-state index in [0.29, 0.717) is 13.0 Å². The maximum absolute atomic E-state index is 12.3. The number of carbonyl (C=O) groups is 2. The van der Waals surface area contributed by atoms with Gasteiger partial charge in [-0.2, -0.15) is 0 Å². The van der Waals surface area contributed by atoms with Crippen LogP contribution in [0.15, 0.2) is 24.3 Å². The Morgan fingerprint density at radius 2 is 2.06 bits per heavy atom. The number of benzene rings is 1. The van der Waals surface area contributed by atoms with Gasteiger partial charge in [-0.15, -0.1) is 0 Å². The molecule has 2 unspecified atom stereocenters. The first-order chi connectivity index (χ1) is 8.63. The van der Waals surface area contributed by atoms with E-state index in [1.165, 1.54) is 7.11 Å². The van der Waals surface area contributed by atoms with Crippen molar-refractivity contribution in [3.63, 3.8) is 0 Å². The Balaban J connectivity index is 2.08. The van der Waals surface area contributed by atoms with Gasteiger partial charge in [-0.05, 0) is 18.9 Å². The number of hydrogen-bond acceptors (Lipinski definition) is 4. The number of ether oxygens (including phenoxy) is 1. The van der Waals surface area contributed by atoms with E-state index in [9.17, 15) is 9.59 Å². The summed E-state index contributed by atoms with van der Waals surface area (Å²) in [5.41, 5.74) is 1.72. The van der Waals surface area contributed by atoms with E-state index in [-0.39, 0.29) is 23.7 Å². The highest BCUT2D eigenvalue weighted by molar-refractivity contribution is 6.00. The number of aryl methyl sites for hydroxylation is 1. The van der Waals surface area contributed by atoms with Gasteiger partial charge >= 0.3 is 5.97 Å². The maximum atomic E-state index is 12.3. The molecule has 1 heterocycles. The van der Waals surface area contributed by atoms with Gasteiger partial charge in [-0.25, -0.2) is 0 Å². The van der Waals surface area contributed by atoms with E-state index in [0.717, 1.165) is 11.1 Å². The van der Waals surface area contributed by atoms with Crippen LogP contribution in [-0.2, 0) is 9.53 Å². The smallest absolute Gasteiger partial charge is 0.322 e. The van der Waals surface area contributed by atoms with Gasteiger partial charge in [0.2, 0.25) is 0 Å². The van der Waals surface area contributed by atoms with E-state index in [4.69, 9.17) is 0 Å². The molecule has 1 aromatic carbocycles. The second kappa shape index (κ2) is 5.31. The normalized spacial score (nSPS) is 22.8. The minimum Gasteiger partial charge on any atom is -0.468 e. The molecule has 1 aliphatic rings. The number of rotatable bonds is 3. The largest absolute Gasteiger partial charge is 0.468 e. The Labute approximate surface area is 106 Å². The number of carbonyl (C=O) groups excluding carboxylic acids is 2. The maximum Gasteiger partial charge on any atom is 0.322 e. The van der Waals surface area contributed by atoms with Crippen molar-refractivity contribution in [3.05, 3.63) is 35.4 Å². The number of methoxy groups -OCH3 is 1. The van der Waals surface area contributed by atoms with Crippen LogP contribution in [-0.4, -0.2) is 31.4 Å². The average molecular weight is 247 g/mol. The van der Waals surface area contributed by atoms with Crippen LogP contribution in [0.25, 0.3) is 0 Å². The van der Waals surface area contributed by atoms with Gasteiger partial charge in [0.25, 0.3) is 0 Å². The van der Waals surface area contributed by atoms with Crippen LogP contribution in [0.1, 0.15) is 22.3 Å². The fraction of sp³-hybridized carbons (Fsp3) is 0.429. The molecule has 0 aromatic heterocycles. The van der Waals surface area contributed by atoms with Crippen LogP contribution in [0.2, 0.25) is 0 Å². The van der Waals surface area contributed by atoms with E-state index in [1.807, 2.05) is 31.2 Å². The van der Waals surface area contributed by atoms with Crippen molar-refractivity contribution in [2.45, 2.75) is 19.4 Å². The van der Waals surface area contributed by atoms with Gasteiger partial charge in [0.1, 0.15) is 6.04 Å². The lowest BCUT2D eigenvalue weighted by Crippen LogP contribution is -2.31. The minimum atomic E-state index is -0.354. The molecule has 1 saturated heterocycles. The van der Waals surface area contributed by atoms with Crippen LogP contribution in [0, 0.1) is 12.8 Å². The summed E-state index contributed by atoms with van der Waals surface area (Å²) in [6.07, 6.45) is 0.514. The van der Waals surface area contributed by atoms with E-state index in [2.05, 4.69) is 10.1 Å². The third-order valence-electron chi connectivity index (χ3n) is 3.40. The molecule has 2 atom stereocenters. The Kier molecular flexibility index (Phi) is 3.77. The predicted molar refractivity (Wildman–Crippen MR) is 67.4 cm³/mol. The molecule has 0 aliphatic carbocycles. The van der Waals surface area contributed by atoms with Gasteiger partial charge in [0.15, 0.2) is 5.78 Å². The molecule has 1 aliphatic heterocycles. The van der Waals surface area contributed by atoms with Crippen molar-refractivity contribution >= 4 is 11.8 Å². The minimum absolute atomic E-state index is 0.104. The van der Waals surface area contributed by atoms with Gasteiger partial charge in [0.05, 0.1) is 7.11 Å². The summed E-state index contributed by atoms with van der Waals surface area (Å²) in [7, 11) is 1.36. The molecule has 0 saturated carbocycles. The number of nitrogens with one attached hydrogen (secondary N) is 1. The van der Waals surface area contributed by atoms with Crippen molar-refractivity contribution in [2.75, 3.05) is 13.7 Å². The summed E-state index contributed by atoms with van der Waals surface area (Å²) >= 11 is 0. The number of esters is 1. The van der Waals surface area contributed by atoms with Gasteiger partial charge < -0.3 is 10.1 Å². The second-order valence-electron chi connectivity index (χ2n) is 4.60. The quantitative estimate of drug-likeness (QED) is 0.646. The SMILES string of the molecule is COC(=O)C1CC(C(=O)c2ccccc2C)CN1. The predicted octanol–water partition coefficient (Wildman–Crippen LogP) is 1.33. The Morgan fingerprint density at radius 3 is 2.72 bits per heavy atom. The van der Waals surface area contributed by atoms with Crippen LogP contribution in [0.4, 0.5) is 0 Å². The molecule has 4 nitrogen and oxygen atoms in total. The standard InChI is InChI=1S/C14H17NO3/c1-9-5-3-4-6-11(9)13(16)10-7-12(15-8-10)14(17)18-2/h3-6,10,12,15H,7-8H2,1-2H3. The summed E-state index contributed by atoms with van der Waals surface area (Å²) in [6.45, 7) is 2.46. The molecule has 96 valence electrons. The summed E-state index contributed by atoms with van der Waals surface area (Å²) in [5, 5.41) is 3.03. The fourth-order valence-electron chi connectivity index (χ4n) is 2.33. The number of ketones is 1. The van der Waals surface area contributed by atoms with Crippen molar-refractivity contribution in [1.82, 2.24) is 5.32 Å². The fourth-order valence-corrected chi connectivity index (χ4v) is 2.33. The van der Waals surface area contributed by atoms with Gasteiger partial charge in [0, 0.05) is 18.0 Å². The third-order valence-corrected chi connectivity index (χ3v) is 3.40. The zero-order chi connectivity index (χ0) is 13.1. The van der Waals surface area contributed by atoms with Crippen molar-refractivity contribution in [2.24, 2.45) is 5.92 Å². The van der Waals surface area contributed by atoms with Crippen molar-refractivity contribution < 1.29 is 14.3 Å². The lowest BCUT2D eigenvalue weighted by Gasteiger charge is -2.10.